The van der Waals surface area contributed by atoms with Crippen LogP contribution in [0.4, 0.5) is 0 Å². The van der Waals surface area contributed by atoms with Crippen LogP contribution >= 0.6 is 11.3 Å². The average Bonchev–Trinajstić information content (AvgIpc) is 3.31. The standard InChI is InChI=1S/C21H21N3O4S/c1-21(2,15-7-4-10-29-15)23-18(26)13-6-3-5-12-11-24(20(28)17(12)13)14-8-9-16(25)22-19(14)27/h3-7,10,14H,8-9,11H2,1-2H3,(H,23,26)(H,22,25,27). The number of nitrogens with one attached hydrogen (secondary N) is 2. The zero-order valence-electron chi connectivity index (χ0n) is 16.2. The summed E-state index contributed by atoms with van der Waals surface area (Å²) in [7, 11) is 0. The molecule has 7 nitrogen and oxygen atoms in total. The molecule has 1 atom stereocenters. The lowest BCUT2D eigenvalue weighted by molar-refractivity contribution is -0.136. The first-order valence-corrected chi connectivity index (χ1v) is 10.3. The van der Waals surface area contributed by atoms with Gasteiger partial charge in [0, 0.05) is 17.8 Å². The van der Waals surface area contributed by atoms with Gasteiger partial charge in [-0.25, -0.2) is 0 Å². The third-order valence-corrected chi connectivity index (χ3v) is 6.55. The summed E-state index contributed by atoms with van der Waals surface area (Å²) in [6.45, 7) is 4.07. The number of amides is 4. The van der Waals surface area contributed by atoms with Crippen LogP contribution in [0, 0.1) is 0 Å². The van der Waals surface area contributed by atoms with Crippen molar-refractivity contribution in [3.8, 4) is 0 Å². The molecule has 29 heavy (non-hydrogen) atoms. The normalized spacial score (nSPS) is 19.2. The largest absolute Gasteiger partial charge is 0.342 e. The number of piperidine rings is 1. The number of rotatable bonds is 4. The fourth-order valence-electron chi connectivity index (χ4n) is 3.85. The van der Waals surface area contributed by atoms with E-state index in [1.165, 1.54) is 4.90 Å². The third kappa shape index (κ3) is 3.44. The monoisotopic (exact) mass is 411 g/mol. The second kappa shape index (κ2) is 7.11. The maximum absolute atomic E-state index is 13.1. The predicted molar refractivity (Wildman–Crippen MR) is 107 cm³/mol. The van der Waals surface area contributed by atoms with Crippen molar-refractivity contribution in [3.63, 3.8) is 0 Å². The molecule has 2 aromatic rings. The summed E-state index contributed by atoms with van der Waals surface area (Å²) in [4.78, 5) is 52.3. The SMILES string of the molecule is CC(C)(NC(=O)c1cccc2c1C(=O)N(C1CCC(=O)NC1=O)C2)c1cccs1. The predicted octanol–water partition coefficient (Wildman–Crippen LogP) is 2.17. The van der Waals surface area contributed by atoms with E-state index in [-0.39, 0.29) is 37.1 Å². The van der Waals surface area contributed by atoms with Crippen LogP contribution in [-0.2, 0) is 21.7 Å². The van der Waals surface area contributed by atoms with Gasteiger partial charge in [-0.05, 0) is 43.3 Å². The number of carbonyl (C=O) groups is 4. The first kappa shape index (κ1) is 19.3. The van der Waals surface area contributed by atoms with Gasteiger partial charge in [-0.3, -0.25) is 24.5 Å². The van der Waals surface area contributed by atoms with Crippen LogP contribution in [0.2, 0.25) is 0 Å². The number of benzene rings is 1. The lowest BCUT2D eigenvalue weighted by atomic mass is 9.99. The molecule has 0 radical (unpaired) electrons. The Morgan fingerprint density at radius 3 is 2.69 bits per heavy atom. The van der Waals surface area contributed by atoms with Crippen LogP contribution in [0.25, 0.3) is 0 Å². The van der Waals surface area contributed by atoms with Gasteiger partial charge in [-0.1, -0.05) is 18.2 Å². The van der Waals surface area contributed by atoms with Gasteiger partial charge in [0.25, 0.3) is 11.8 Å². The van der Waals surface area contributed by atoms with Crippen LogP contribution in [0.15, 0.2) is 35.7 Å². The quantitative estimate of drug-likeness (QED) is 0.754. The Morgan fingerprint density at radius 1 is 1.21 bits per heavy atom. The van der Waals surface area contributed by atoms with Crippen molar-refractivity contribution < 1.29 is 19.2 Å². The molecule has 0 spiro atoms. The highest BCUT2D eigenvalue weighted by molar-refractivity contribution is 7.10. The molecule has 0 aliphatic carbocycles. The van der Waals surface area contributed by atoms with Gasteiger partial charge in [0.05, 0.1) is 16.7 Å². The van der Waals surface area contributed by atoms with Crippen molar-refractivity contribution >= 4 is 35.0 Å². The number of hydrogen-bond acceptors (Lipinski definition) is 5. The van der Waals surface area contributed by atoms with Crippen LogP contribution in [0.3, 0.4) is 0 Å². The van der Waals surface area contributed by atoms with Crippen molar-refractivity contribution in [1.82, 2.24) is 15.5 Å². The lowest BCUT2D eigenvalue weighted by Gasteiger charge is -2.29. The summed E-state index contributed by atoms with van der Waals surface area (Å²) in [5.41, 5.74) is 0.753. The fraction of sp³-hybridized carbons (Fsp3) is 0.333. The zero-order chi connectivity index (χ0) is 20.8. The topological polar surface area (TPSA) is 95.6 Å². The van der Waals surface area contributed by atoms with Gasteiger partial charge in [0.15, 0.2) is 0 Å². The maximum Gasteiger partial charge on any atom is 0.256 e. The Morgan fingerprint density at radius 2 is 2.00 bits per heavy atom. The number of carbonyl (C=O) groups excluding carboxylic acids is 4. The van der Waals surface area contributed by atoms with E-state index < -0.39 is 17.5 Å². The van der Waals surface area contributed by atoms with Crippen LogP contribution in [0.1, 0.15) is 57.8 Å². The van der Waals surface area contributed by atoms with Crippen molar-refractivity contribution in [1.29, 1.82) is 0 Å². The zero-order valence-corrected chi connectivity index (χ0v) is 17.0. The molecule has 2 N–H and O–H groups in total. The molecule has 1 fully saturated rings. The van der Waals surface area contributed by atoms with E-state index in [0.29, 0.717) is 16.7 Å². The van der Waals surface area contributed by atoms with Crippen LogP contribution < -0.4 is 10.6 Å². The van der Waals surface area contributed by atoms with Gasteiger partial charge in [0.1, 0.15) is 6.04 Å². The highest BCUT2D eigenvalue weighted by Gasteiger charge is 2.41. The molecular formula is C21H21N3O4S. The van der Waals surface area contributed by atoms with Crippen molar-refractivity contribution in [2.75, 3.05) is 0 Å². The summed E-state index contributed by atoms with van der Waals surface area (Å²) in [6, 6.07) is 8.34. The van der Waals surface area contributed by atoms with E-state index in [0.717, 1.165) is 4.88 Å². The smallest absolute Gasteiger partial charge is 0.256 e. The van der Waals surface area contributed by atoms with E-state index in [2.05, 4.69) is 10.6 Å². The molecular weight excluding hydrogens is 390 g/mol. The van der Waals surface area contributed by atoms with Gasteiger partial charge in [0.2, 0.25) is 11.8 Å². The first-order chi connectivity index (χ1) is 13.8. The van der Waals surface area contributed by atoms with E-state index >= 15 is 0 Å². The number of fused-ring (bicyclic) bond motifs is 1. The Hall–Kier alpha value is -3.00. The first-order valence-electron chi connectivity index (χ1n) is 9.41. The molecule has 8 heteroatoms. The van der Waals surface area contributed by atoms with Gasteiger partial charge >= 0.3 is 0 Å². The second-order valence-electron chi connectivity index (χ2n) is 7.80. The van der Waals surface area contributed by atoms with Crippen molar-refractivity contribution in [3.05, 3.63) is 57.3 Å². The maximum atomic E-state index is 13.1. The summed E-state index contributed by atoms with van der Waals surface area (Å²) >= 11 is 1.55. The average molecular weight is 411 g/mol. The fourth-order valence-corrected chi connectivity index (χ4v) is 4.66. The molecule has 1 unspecified atom stereocenters. The molecule has 2 aliphatic rings. The van der Waals surface area contributed by atoms with Crippen molar-refractivity contribution in [2.45, 2.75) is 44.8 Å². The number of thiophene rings is 1. The molecule has 1 aromatic carbocycles. The van der Waals surface area contributed by atoms with Crippen molar-refractivity contribution in [2.24, 2.45) is 0 Å². The van der Waals surface area contributed by atoms with Crippen LogP contribution in [-0.4, -0.2) is 34.6 Å². The Kier molecular flexibility index (Phi) is 4.74. The molecule has 0 bridgehead atoms. The van der Waals surface area contributed by atoms with Gasteiger partial charge in [-0.15, -0.1) is 11.3 Å². The second-order valence-corrected chi connectivity index (χ2v) is 8.74. The molecule has 2 aliphatic heterocycles. The van der Waals surface area contributed by atoms with E-state index in [1.807, 2.05) is 31.4 Å². The molecule has 3 heterocycles. The minimum atomic E-state index is -0.703. The summed E-state index contributed by atoms with van der Waals surface area (Å²) < 4.78 is 0. The highest BCUT2D eigenvalue weighted by Crippen LogP contribution is 2.31. The highest BCUT2D eigenvalue weighted by atomic mass is 32.1. The molecule has 150 valence electrons. The molecule has 1 saturated heterocycles. The van der Waals surface area contributed by atoms with Crippen LogP contribution in [0.5, 0.6) is 0 Å². The Labute approximate surface area is 172 Å². The molecule has 4 amide bonds. The lowest BCUT2D eigenvalue weighted by Crippen LogP contribution is -2.52. The number of nitrogens with zero attached hydrogens (tertiary/aromatic N) is 1. The van der Waals surface area contributed by atoms with Gasteiger partial charge in [-0.2, -0.15) is 0 Å². The van der Waals surface area contributed by atoms with Gasteiger partial charge < -0.3 is 10.2 Å². The summed E-state index contributed by atoms with van der Waals surface area (Å²) in [6.07, 6.45) is 0.482. The molecule has 4 rings (SSSR count). The molecule has 0 saturated carbocycles. The van der Waals surface area contributed by atoms with E-state index in [9.17, 15) is 19.2 Å². The van der Waals surface area contributed by atoms with E-state index in [1.54, 1.807) is 29.5 Å². The minimum Gasteiger partial charge on any atom is -0.342 e. The summed E-state index contributed by atoms with van der Waals surface area (Å²) in [5, 5.41) is 7.25. The number of hydrogen-bond donors (Lipinski definition) is 2. The summed E-state index contributed by atoms with van der Waals surface area (Å²) in [5.74, 6) is -1.48. The Bertz CT molecular complexity index is 1010. The number of imide groups is 1. The minimum absolute atomic E-state index is 0.193. The van der Waals surface area contributed by atoms with E-state index in [4.69, 9.17) is 0 Å². The molecule has 1 aromatic heterocycles. The Balaban J connectivity index is 1.60. The third-order valence-electron chi connectivity index (χ3n) is 5.36.